The molecule has 1 atom stereocenters. The normalized spacial score (nSPS) is 19.9. The van der Waals surface area contributed by atoms with Crippen molar-refractivity contribution in [2.45, 2.75) is 51.5 Å². The SMILES string of the molecule is COc1ncc(-c2cc3c(C)nc(N)nc3n(C3CC34CCCCC4)c2=O)cc1F. The predicted molar refractivity (Wildman–Crippen MR) is 112 cm³/mol. The highest BCUT2D eigenvalue weighted by Gasteiger charge is 2.55. The van der Waals surface area contributed by atoms with E-state index in [1.165, 1.54) is 38.6 Å². The molecule has 5 rings (SSSR count). The van der Waals surface area contributed by atoms with Gasteiger partial charge in [-0.05, 0) is 43.7 Å². The van der Waals surface area contributed by atoms with E-state index in [9.17, 15) is 9.18 Å². The number of aromatic nitrogens is 4. The fourth-order valence-electron chi connectivity index (χ4n) is 5.08. The number of nitrogens with two attached hydrogens (primary N) is 1. The molecule has 2 aliphatic rings. The van der Waals surface area contributed by atoms with Gasteiger partial charge >= 0.3 is 0 Å². The Morgan fingerprint density at radius 1 is 1.23 bits per heavy atom. The number of fused-ring (bicyclic) bond motifs is 1. The molecule has 0 radical (unpaired) electrons. The zero-order chi connectivity index (χ0) is 21.0. The Morgan fingerprint density at radius 2 is 2.00 bits per heavy atom. The highest BCUT2D eigenvalue weighted by Crippen LogP contribution is 2.64. The molecule has 1 unspecified atom stereocenters. The monoisotopic (exact) mass is 409 g/mol. The molecule has 3 aromatic heterocycles. The number of rotatable bonds is 3. The Morgan fingerprint density at radius 3 is 2.70 bits per heavy atom. The van der Waals surface area contributed by atoms with Crippen LogP contribution in [0.15, 0.2) is 23.1 Å². The van der Waals surface area contributed by atoms with Gasteiger partial charge in [-0.15, -0.1) is 0 Å². The van der Waals surface area contributed by atoms with Crippen molar-refractivity contribution < 1.29 is 9.13 Å². The average molecular weight is 409 g/mol. The summed E-state index contributed by atoms with van der Waals surface area (Å²) in [6.07, 6.45) is 8.28. The first-order valence-electron chi connectivity index (χ1n) is 10.3. The quantitative estimate of drug-likeness (QED) is 0.707. The van der Waals surface area contributed by atoms with Crippen molar-refractivity contribution in [3.8, 4) is 17.0 Å². The fourth-order valence-corrected chi connectivity index (χ4v) is 5.08. The molecule has 3 aromatic rings. The third-order valence-electron chi connectivity index (χ3n) is 6.72. The molecule has 0 bridgehead atoms. The molecule has 0 aromatic carbocycles. The lowest BCUT2D eigenvalue weighted by Gasteiger charge is -2.23. The lowest BCUT2D eigenvalue weighted by molar-refractivity contribution is 0.307. The molecular weight excluding hydrogens is 385 g/mol. The number of hydrogen-bond acceptors (Lipinski definition) is 6. The van der Waals surface area contributed by atoms with E-state index in [2.05, 4.69) is 15.0 Å². The van der Waals surface area contributed by atoms with Crippen molar-refractivity contribution in [3.63, 3.8) is 0 Å². The first-order valence-corrected chi connectivity index (χ1v) is 10.3. The summed E-state index contributed by atoms with van der Waals surface area (Å²) in [4.78, 5) is 26.4. The largest absolute Gasteiger partial charge is 0.479 e. The van der Waals surface area contributed by atoms with Crippen molar-refractivity contribution in [2.75, 3.05) is 12.8 Å². The van der Waals surface area contributed by atoms with E-state index in [-0.39, 0.29) is 28.8 Å². The highest BCUT2D eigenvalue weighted by atomic mass is 19.1. The fraction of sp³-hybridized carbons (Fsp3) is 0.455. The first kappa shape index (κ1) is 19.0. The van der Waals surface area contributed by atoms with Gasteiger partial charge in [0.25, 0.3) is 5.56 Å². The Bertz CT molecular complexity index is 1220. The van der Waals surface area contributed by atoms with Gasteiger partial charge in [0.1, 0.15) is 5.65 Å². The molecule has 0 aliphatic heterocycles. The van der Waals surface area contributed by atoms with Gasteiger partial charge in [0.05, 0.1) is 12.8 Å². The van der Waals surface area contributed by atoms with E-state index in [0.29, 0.717) is 22.5 Å². The minimum absolute atomic E-state index is 0.0810. The van der Waals surface area contributed by atoms with Gasteiger partial charge in [-0.1, -0.05) is 19.3 Å². The number of hydrogen-bond donors (Lipinski definition) is 1. The van der Waals surface area contributed by atoms with Crippen LogP contribution in [0.25, 0.3) is 22.2 Å². The van der Waals surface area contributed by atoms with Crippen LogP contribution in [0, 0.1) is 18.2 Å². The van der Waals surface area contributed by atoms with Crippen molar-refractivity contribution in [3.05, 3.63) is 40.2 Å². The van der Waals surface area contributed by atoms with Crippen LogP contribution in [0.2, 0.25) is 0 Å². The number of anilines is 1. The van der Waals surface area contributed by atoms with Crippen molar-refractivity contribution in [2.24, 2.45) is 5.41 Å². The molecular formula is C22H24FN5O2. The van der Waals surface area contributed by atoms with Crippen molar-refractivity contribution in [1.82, 2.24) is 19.5 Å². The molecule has 2 N–H and O–H groups in total. The van der Waals surface area contributed by atoms with Crippen molar-refractivity contribution in [1.29, 1.82) is 0 Å². The molecule has 30 heavy (non-hydrogen) atoms. The summed E-state index contributed by atoms with van der Waals surface area (Å²) in [7, 11) is 1.36. The molecule has 0 amide bonds. The predicted octanol–water partition coefficient (Wildman–Crippen LogP) is 3.79. The summed E-state index contributed by atoms with van der Waals surface area (Å²) in [5, 5.41) is 0.743. The average Bonchev–Trinajstić information content (AvgIpc) is 3.39. The zero-order valence-electron chi connectivity index (χ0n) is 17.1. The number of pyridine rings is 2. The van der Waals surface area contributed by atoms with E-state index in [1.54, 1.807) is 10.6 Å². The molecule has 3 heterocycles. The zero-order valence-corrected chi connectivity index (χ0v) is 17.1. The summed E-state index contributed by atoms with van der Waals surface area (Å²) in [5.41, 5.74) is 7.92. The summed E-state index contributed by atoms with van der Waals surface area (Å²) >= 11 is 0. The van der Waals surface area contributed by atoms with E-state index < -0.39 is 5.82 Å². The first-order chi connectivity index (χ1) is 14.4. The lowest BCUT2D eigenvalue weighted by atomic mass is 9.85. The van der Waals surface area contributed by atoms with Crippen LogP contribution >= 0.6 is 0 Å². The lowest BCUT2D eigenvalue weighted by Crippen LogP contribution is -2.26. The minimum atomic E-state index is -0.610. The Hall–Kier alpha value is -3.03. The number of methoxy groups -OCH3 is 1. The summed E-state index contributed by atoms with van der Waals surface area (Å²) in [5.74, 6) is -0.562. The van der Waals surface area contributed by atoms with Gasteiger partial charge in [0.2, 0.25) is 11.8 Å². The number of nitrogens with zero attached hydrogens (tertiary/aromatic N) is 4. The van der Waals surface area contributed by atoms with Gasteiger partial charge in [-0.2, -0.15) is 4.98 Å². The van der Waals surface area contributed by atoms with E-state index >= 15 is 0 Å². The Labute approximate surface area is 173 Å². The van der Waals surface area contributed by atoms with Gasteiger partial charge in [0, 0.05) is 28.8 Å². The highest BCUT2D eigenvalue weighted by molar-refractivity contribution is 5.84. The topological polar surface area (TPSA) is 95.9 Å². The number of nitrogen functional groups attached to an aromatic ring is 1. The molecule has 156 valence electrons. The number of ether oxygens (including phenoxy) is 1. The summed E-state index contributed by atoms with van der Waals surface area (Å²) < 4.78 is 21.0. The second kappa shape index (κ2) is 6.75. The van der Waals surface area contributed by atoms with Gasteiger partial charge in [-0.3, -0.25) is 9.36 Å². The van der Waals surface area contributed by atoms with E-state index in [1.807, 2.05) is 6.92 Å². The molecule has 0 saturated heterocycles. The molecule has 2 saturated carbocycles. The molecule has 2 aliphatic carbocycles. The van der Waals surface area contributed by atoms with Gasteiger partial charge < -0.3 is 10.5 Å². The number of halogens is 1. The molecule has 7 nitrogen and oxygen atoms in total. The Balaban J connectivity index is 1.75. The van der Waals surface area contributed by atoms with Gasteiger partial charge in [-0.25, -0.2) is 14.4 Å². The van der Waals surface area contributed by atoms with Gasteiger partial charge in [0.15, 0.2) is 5.82 Å². The molecule has 8 heteroatoms. The third kappa shape index (κ3) is 2.85. The van der Waals surface area contributed by atoms with Crippen LogP contribution in [0.3, 0.4) is 0 Å². The smallest absolute Gasteiger partial charge is 0.260 e. The summed E-state index contributed by atoms with van der Waals surface area (Å²) in [6.45, 7) is 1.84. The third-order valence-corrected chi connectivity index (χ3v) is 6.72. The van der Waals surface area contributed by atoms with Crippen molar-refractivity contribution >= 4 is 17.0 Å². The van der Waals surface area contributed by atoms with E-state index in [4.69, 9.17) is 10.5 Å². The molecule has 1 spiro atoms. The number of aryl methyl sites for hydroxylation is 1. The molecule has 2 fully saturated rings. The standard InChI is InChI=1S/C22H24FN5O2/c1-12-14-9-15(13-8-16(23)19(30-2)25-11-13)20(29)28(18(14)27-21(24)26-12)17-10-22(17)6-4-3-5-7-22/h8-9,11,17H,3-7,10H2,1-2H3,(H2,24,26,27). The van der Waals surface area contributed by atoms with Crippen LogP contribution in [0.1, 0.15) is 50.3 Å². The van der Waals surface area contributed by atoms with E-state index in [0.717, 1.165) is 24.6 Å². The second-order valence-corrected chi connectivity index (χ2v) is 8.50. The van der Waals surface area contributed by atoms with Crippen LogP contribution in [-0.2, 0) is 0 Å². The van der Waals surface area contributed by atoms with Crippen LogP contribution in [0.5, 0.6) is 5.88 Å². The van der Waals surface area contributed by atoms with Crippen LogP contribution in [-0.4, -0.2) is 26.6 Å². The maximum absolute atomic E-state index is 14.3. The van der Waals surface area contributed by atoms with Crippen LogP contribution in [0.4, 0.5) is 10.3 Å². The Kier molecular flexibility index (Phi) is 4.27. The maximum Gasteiger partial charge on any atom is 0.260 e. The second-order valence-electron chi connectivity index (χ2n) is 8.50. The minimum Gasteiger partial charge on any atom is -0.479 e. The summed E-state index contributed by atoms with van der Waals surface area (Å²) in [6, 6.07) is 3.09. The maximum atomic E-state index is 14.3. The van der Waals surface area contributed by atoms with Crippen LogP contribution < -0.4 is 16.0 Å².